The summed E-state index contributed by atoms with van der Waals surface area (Å²) in [5.74, 6) is -0.535. The van der Waals surface area contributed by atoms with Crippen LogP contribution in [0.5, 0.6) is 0 Å². The third-order valence-corrected chi connectivity index (χ3v) is 1.50. The van der Waals surface area contributed by atoms with Gasteiger partial charge in [-0.1, -0.05) is 6.92 Å². The lowest BCUT2D eigenvalue weighted by Gasteiger charge is -2.28. The normalized spacial score (nSPS) is 13.3. The molecule has 0 aliphatic carbocycles. The van der Waals surface area contributed by atoms with Gasteiger partial charge in [-0.05, 0) is 13.3 Å². The number of carbonyl (C=O) groups is 1. The molecule has 0 aromatic heterocycles. The van der Waals surface area contributed by atoms with Crippen LogP contribution < -0.4 is 22.9 Å². The number of rotatable bonds is 3. The molecule has 8 N–H and O–H groups in total. The SMILES string of the molecule is CCC(N)(N)C(=O)C(C)(N)N. The van der Waals surface area contributed by atoms with Crippen LogP contribution in [0, 0.1) is 0 Å². The highest BCUT2D eigenvalue weighted by Gasteiger charge is 2.36. The molecule has 5 heteroatoms. The van der Waals surface area contributed by atoms with Gasteiger partial charge in [0.05, 0.1) is 0 Å². The fraction of sp³-hybridized carbons (Fsp3) is 0.833. The van der Waals surface area contributed by atoms with Crippen molar-refractivity contribution in [2.24, 2.45) is 22.9 Å². The van der Waals surface area contributed by atoms with Crippen LogP contribution >= 0.6 is 0 Å². The van der Waals surface area contributed by atoms with Crippen molar-refractivity contribution in [1.29, 1.82) is 0 Å². The quantitative estimate of drug-likeness (QED) is 0.363. The van der Waals surface area contributed by atoms with Crippen molar-refractivity contribution in [3.63, 3.8) is 0 Å². The van der Waals surface area contributed by atoms with Gasteiger partial charge in [0.25, 0.3) is 0 Å². The van der Waals surface area contributed by atoms with Crippen LogP contribution in [0.25, 0.3) is 0 Å². The van der Waals surface area contributed by atoms with Gasteiger partial charge in [-0.25, -0.2) is 0 Å². The Kier molecular flexibility index (Phi) is 2.74. The molecule has 0 amide bonds. The first-order valence-electron chi connectivity index (χ1n) is 3.42. The Bertz CT molecular complexity index is 158. The van der Waals surface area contributed by atoms with Gasteiger partial charge in [-0.2, -0.15) is 0 Å². The predicted molar refractivity (Wildman–Crippen MR) is 43.2 cm³/mol. The first-order valence-corrected chi connectivity index (χ1v) is 3.42. The third kappa shape index (κ3) is 2.55. The van der Waals surface area contributed by atoms with Gasteiger partial charge in [0.1, 0.15) is 11.3 Å². The molecular formula is C6H16N4O. The number of nitrogens with two attached hydrogens (primary N) is 4. The zero-order chi connectivity index (χ0) is 9.28. The summed E-state index contributed by atoms with van der Waals surface area (Å²) in [5.41, 5.74) is 18.6. The summed E-state index contributed by atoms with van der Waals surface area (Å²) in [5, 5.41) is 0. The third-order valence-electron chi connectivity index (χ3n) is 1.50. The lowest BCUT2D eigenvalue weighted by atomic mass is 9.95. The van der Waals surface area contributed by atoms with Crippen LogP contribution in [0.15, 0.2) is 0 Å². The van der Waals surface area contributed by atoms with Crippen LogP contribution in [-0.2, 0) is 4.79 Å². The van der Waals surface area contributed by atoms with E-state index < -0.39 is 17.1 Å². The topological polar surface area (TPSA) is 121 Å². The molecule has 0 bridgehead atoms. The van der Waals surface area contributed by atoms with Crippen molar-refractivity contribution in [2.45, 2.75) is 31.6 Å². The second kappa shape index (κ2) is 2.86. The fourth-order valence-corrected chi connectivity index (χ4v) is 0.662. The standard InChI is InChI=1S/C6H16N4O/c1-3-6(9,10)4(11)5(2,7)8/h3,7-10H2,1-2H3. The van der Waals surface area contributed by atoms with E-state index in [-0.39, 0.29) is 0 Å². The zero-order valence-electron chi connectivity index (χ0n) is 6.92. The molecular weight excluding hydrogens is 144 g/mol. The maximum Gasteiger partial charge on any atom is 0.200 e. The molecule has 0 aromatic carbocycles. The van der Waals surface area contributed by atoms with E-state index in [0.717, 1.165) is 0 Å². The van der Waals surface area contributed by atoms with E-state index in [1.54, 1.807) is 6.92 Å². The van der Waals surface area contributed by atoms with Crippen molar-refractivity contribution in [3.05, 3.63) is 0 Å². The second-order valence-electron chi connectivity index (χ2n) is 3.01. The summed E-state index contributed by atoms with van der Waals surface area (Å²) in [4.78, 5) is 11.2. The average molecular weight is 160 g/mol. The highest BCUT2D eigenvalue weighted by molar-refractivity contribution is 5.94. The van der Waals surface area contributed by atoms with Gasteiger partial charge in [-0.15, -0.1) is 0 Å². The average Bonchev–Trinajstić information content (AvgIpc) is 1.84. The molecule has 5 nitrogen and oxygen atoms in total. The molecule has 0 spiro atoms. The van der Waals surface area contributed by atoms with Crippen LogP contribution in [0.1, 0.15) is 20.3 Å². The predicted octanol–water partition coefficient (Wildman–Crippen LogP) is -1.79. The van der Waals surface area contributed by atoms with Crippen LogP contribution in [0.3, 0.4) is 0 Å². The van der Waals surface area contributed by atoms with Crippen molar-refractivity contribution < 1.29 is 4.79 Å². The first kappa shape index (κ1) is 10.5. The molecule has 11 heavy (non-hydrogen) atoms. The Morgan fingerprint density at radius 2 is 1.64 bits per heavy atom. The number of carbonyl (C=O) groups excluding carboxylic acids is 1. The van der Waals surface area contributed by atoms with Crippen LogP contribution in [0.4, 0.5) is 0 Å². The van der Waals surface area contributed by atoms with E-state index in [4.69, 9.17) is 22.9 Å². The Hall–Kier alpha value is -0.490. The molecule has 0 aliphatic rings. The van der Waals surface area contributed by atoms with Crippen molar-refractivity contribution >= 4 is 5.78 Å². The lowest BCUT2D eigenvalue weighted by Crippen LogP contribution is -2.69. The van der Waals surface area contributed by atoms with Gasteiger partial charge < -0.3 is 22.9 Å². The largest absolute Gasteiger partial charge is 0.307 e. The molecule has 0 unspecified atom stereocenters. The van der Waals surface area contributed by atoms with Gasteiger partial charge >= 0.3 is 0 Å². The highest BCUT2D eigenvalue weighted by Crippen LogP contribution is 2.05. The summed E-state index contributed by atoms with van der Waals surface area (Å²) in [6.45, 7) is 3.07. The van der Waals surface area contributed by atoms with Crippen LogP contribution in [-0.4, -0.2) is 17.1 Å². The first-order chi connectivity index (χ1) is 4.72. The minimum atomic E-state index is -1.44. The van der Waals surface area contributed by atoms with E-state index in [2.05, 4.69) is 0 Å². The summed E-state index contributed by atoms with van der Waals surface area (Å²) in [6.07, 6.45) is 0.315. The summed E-state index contributed by atoms with van der Waals surface area (Å²) < 4.78 is 0. The Labute approximate surface area is 66.1 Å². The van der Waals surface area contributed by atoms with E-state index in [1.165, 1.54) is 6.92 Å². The van der Waals surface area contributed by atoms with E-state index >= 15 is 0 Å². The Balaban J connectivity index is 4.50. The number of hydrogen-bond donors (Lipinski definition) is 4. The van der Waals surface area contributed by atoms with E-state index in [0.29, 0.717) is 6.42 Å². The minimum Gasteiger partial charge on any atom is -0.307 e. The molecule has 0 rings (SSSR count). The molecule has 66 valence electrons. The van der Waals surface area contributed by atoms with Crippen molar-refractivity contribution in [2.75, 3.05) is 0 Å². The summed E-state index contributed by atoms with van der Waals surface area (Å²) in [6, 6.07) is 0. The maximum atomic E-state index is 11.2. The lowest BCUT2D eigenvalue weighted by molar-refractivity contribution is -0.128. The van der Waals surface area contributed by atoms with Crippen molar-refractivity contribution in [1.82, 2.24) is 0 Å². The number of ketones is 1. The molecule has 0 saturated heterocycles. The summed E-state index contributed by atoms with van der Waals surface area (Å²) >= 11 is 0. The minimum absolute atomic E-state index is 0.315. The monoisotopic (exact) mass is 160 g/mol. The zero-order valence-corrected chi connectivity index (χ0v) is 6.92. The van der Waals surface area contributed by atoms with Crippen molar-refractivity contribution in [3.8, 4) is 0 Å². The van der Waals surface area contributed by atoms with Gasteiger partial charge in [0, 0.05) is 0 Å². The molecule has 0 aliphatic heterocycles. The number of Topliss-reactive ketones (excluding diaryl/α,β-unsaturated/α-hetero) is 1. The Morgan fingerprint density at radius 1 is 1.27 bits per heavy atom. The fourth-order valence-electron chi connectivity index (χ4n) is 0.662. The molecule has 0 heterocycles. The molecule has 0 fully saturated rings. The number of hydrogen-bond acceptors (Lipinski definition) is 5. The second-order valence-corrected chi connectivity index (χ2v) is 3.01. The van der Waals surface area contributed by atoms with Crippen LogP contribution in [0.2, 0.25) is 0 Å². The molecule has 0 atom stereocenters. The maximum absolute atomic E-state index is 11.2. The smallest absolute Gasteiger partial charge is 0.200 e. The Morgan fingerprint density at radius 3 is 1.73 bits per heavy atom. The van der Waals surface area contributed by atoms with Gasteiger partial charge in [-0.3, -0.25) is 4.79 Å². The summed E-state index contributed by atoms with van der Waals surface area (Å²) in [7, 11) is 0. The van der Waals surface area contributed by atoms with Gasteiger partial charge in [0.15, 0.2) is 0 Å². The molecule has 0 aromatic rings. The molecule has 0 radical (unpaired) electrons. The van der Waals surface area contributed by atoms with E-state index in [1.807, 2.05) is 0 Å². The highest BCUT2D eigenvalue weighted by atomic mass is 16.1. The van der Waals surface area contributed by atoms with Gasteiger partial charge in [0.2, 0.25) is 5.78 Å². The van der Waals surface area contributed by atoms with E-state index in [9.17, 15) is 4.79 Å². The molecule has 0 saturated carbocycles.